The Bertz CT molecular complexity index is 795. The summed E-state index contributed by atoms with van der Waals surface area (Å²) in [7, 11) is 1.50. The molecule has 3 aromatic rings. The van der Waals surface area contributed by atoms with Crippen molar-refractivity contribution in [2.24, 2.45) is 5.73 Å². The van der Waals surface area contributed by atoms with Crippen LogP contribution in [0.1, 0.15) is 22.9 Å². The molecule has 0 aliphatic heterocycles. The van der Waals surface area contributed by atoms with Crippen LogP contribution in [0.5, 0.6) is 5.75 Å². The second kappa shape index (κ2) is 5.22. The first-order valence-corrected chi connectivity index (χ1v) is 6.69. The zero-order chi connectivity index (χ0) is 15.0. The molecule has 2 aromatic carbocycles. The lowest BCUT2D eigenvalue weighted by atomic mass is 10.00. The van der Waals surface area contributed by atoms with Crippen LogP contribution in [0, 0.1) is 12.7 Å². The maximum atomic E-state index is 14.2. The number of halogens is 1. The third-order valence-corrected chi connectivity index (χ3v) is 3.71. The number of aryl methyl sites for hydroxylation is 1. The van der Waals surface area contributed by atoms with E-state index in [2.05, 4.69) is 0 Å². The molecule has 2 N–H and O–H groups in total. The summed E-state index contributed by atoms with van der Waals surface area (Å²) < 4.78 is 25.2. The van der Waals surface area contributed by atoms with E-state index >= 15 is 0 Å². The van der Waals surface area contributed by atoms with Gasteiger partial charge in [-0.3, -0.25) is 0 Å². The van der Waals surface area contributed by atoms with Gasteiger partial charge in [-0.25, -0.2) is 4.39 Å². The summed E-state index contributed by atoms with van der Waals surface area (Å²) in [6.07, 6.45) is 0. The normalized spacial score (nSPS) is 12.6. The first-order chi connectivity index (χ1) is 10.1. The maximum Gasteiger partial charge on any atom is 0.134 e. The molecule has 0 radical (unpaired) electrons. The molecule has 0 saturated carbocycles. The second-order valence-electron chi connectivity index (χ2n) is 4.92. The van der Waals surface area contributed by atoms with E-state index < -0.39 is 11.9 Å². The standard InChI is InChI=1S/C17H16FNO2/c1-10-11-6-3-4-8-13(11)21-17(10)16(19)15-12(18)7-5-9-14(15)20-2/h3-9,16H,19H2,1-2H3. The smallest absolute Gasteiger partial charge is 0.134 e. The van der Waals surface area contributed by atoms with E-state index in [1.54, 1.807) is 12.1 Å². The molecule has 0 amide bonds. The molecule has 3 nitrogen and oxygen atoms in total. The monoisotopic (exact) mass is 285 g/mol. The Balaban J connectivity index is 2.17. The van der Waals surface area contributed by atoms with E-state index in [1.807, 2.05) is 31.2 Å². The summed E-state index contributed by atoms with van der Waals surface area (Å²) >= 11 is 0. The van der Waals surface area contributed by atoms with Crippen LogP contribution in [-0.4, -0.2) is 7.11 Å². The lowest BCUT2D eigenvalue weighted by Crippen LogP contribution is -2.15. The van der Waals surface area contributed by atoms with Crippen molar-refractivity contribution >= 4 is 11.0 Å². The molecule has 0 saturated heterocycles. The highest BCUT2D eigenvalue weighted by Crippen LogP contribution is 2.35. The van der Waals surface area contributed by atoms with Crippen molar-refractivity contribution in [2.75, 3.05) is 7.11 Å². The van der Waals surface area contributed by atoms with Crippen LogP contribution >= 0.6 is 0 Å². The van der Waals surface area contributed by atoms with Crippen molar-refractivity contribution in [1.29, 1.82) is 0 Å². The van der Waals surface area contributed by atoms with Gasteiger partial charge in [-0.2, -0.15) is 0 Å². The Morgan fingerprint density at radius 1 is 1.14 bits per heavy atom. The van der Waals surface area contributed by atoms with Crippen LogP contribution in [-0.2, 0) is 0 Å². The molecule has 21 heavy (non-hydrogen) atoms. The highest BCUT2D eigenvalue weighted by molar-refractivity contribution is 5.82. The number of fused-ring (bicyclic) bond motifs is 1. The SMILES string of the molecule is COc1cccc(F)c1C(N)c1oc2ccccc2c1C. The topological polar surface area (TPSA) is 48.4 Å². The Labute approximate surface area is 122 Å². The highest BCUT2D eigenvalue weighted by atomic mass is 19.1. The summed E-state index contributed by atoms with van der Waals surface area (Å²) in [5.74, 6) is 0.573. The van der Waals surface area contributed by atoms with Crippen LogP contribution in [0.4, 0.5) is 4.39 Å². The molecule has 0 bridgehead atoms. The minimum Gasteiger partial charge on any atom is -0.496 e. The molecule has 4 heteroatoms. The van der Waals surface area contributed by atoms with Gasteiger partial charge >= 0.3 is 0 Å². The fourth-order valence-electron chi connectivity index (χ4n) is 2.62. The average molecular weight is 285 g/mol. The Morgan fingerprint density at radius 3 is 2.62 bits per heavy atom. The van der Waals surface area contributed by atoms with E-state index in [0.29, 0.717) is 17.1 Å². The first kappa shape index (κ1) is 13.6. The van der Waals surface area contributed by atoms with Crippen molar-refractivity contribution in [1.82, 2.24) is 0 Å². The van der Waals surface area contributed by atoms with Gasteiger partial charge in [-0.15, -0.1) is 0 Å². The van der Waals surface area contributed by atoms with Gasteiger partial charge in [-0.1, -0.05) is 24.3 Å². The molecule has 1 aromatic heterocycles. The van der Waals surface area contributed by atoms with Gasteiger partial charge in [0.2, 0.25) is 0 Å². The summed E-state index contributed by atoms with van der Waals surface area (Å²) in [5, 5.41) is 0.984. The number of hydrogen-bond acceptors (Lipinski definition) is 3. The van der Waals surface area contributed by atoms with E-state index in [1.165, 1.54) is 13.2 Å². The maximum absolute atomic E-state index is 14.2. The minimum atomic E-state index is -0.714. The summed E-state index contributed by atoms with van der Waals surface area (Å²) in [5.41, 5.74) is 8.22. The van der Waals surface area contributed by atoms with Crippen LogP contribution in [0.25, 0.3) is 11.0 Å². The van der Waals surface area contributed by atoms with Gasteiger partial charge in [0.25, 0.3) is 0 Å². The Kier molecular flexibility index (Phi) is 3.39. The van der Waals surface area contributed by atoms with Gasteiger partial charge in [0.15, 0.2) is 0 Å². The molecular formula is C17H16FNO2. The molecule has 0 aliphatic rings. The van der Waals surface area contributed by atoms with Gasteiger partial charge < -0.3 is 14.9 Å². The van der Waals surface area contributed by atoms with Crippen molar-refractivity contribution in [3.05, 3.63) is 65.2 Å². The first-order valence-electron chi connectivity index (χ1n) is 6.69. The van der Waals surface area contributed by atoms with Crippen molar-refractivity contribution in [3.8, 4) is 5.75 Å². The molecule has 108 valence electrons. The zero-order valence-corrected chi connectivity index (χ0v) is 11.9. The van der Waals surface area contributed by atoms with Gasteiger partial charge in [0.1, 0.15) is 22.9 Å². The van der Waals surface area contributed by atoms with E-state index in [0.717, 1.165) is 16.5 Å². The number of para-hydroxylation sites is 1. The molecule has 0 fully saturated rings. The summed E-state index contributed by atoms with van der Waals surface area (Å²) in [6.45, 7) is 1.92. The van der Waals surface area contributed by atoms with Gasteiger partial charge in [0.05, 0.1) is 18.7 Å². The number of nitrogens with two attached hydrogens (primary N) is 1. The molecule has 3 rings (SSSR count). The largest absolute Gasteiger partial charge is 0.496 e. The Hall–Kier alpha value is -2.33. The molecule has 0 spiro atoms. The number of furan rings is 1. The van der Waals surface area contributed by atoms with Crippen LogP contribution < -0.4 is 10.5 Å². The van der Waals surface area contributed by atoms with Crippen molar-refractivity contribution in [2.45, 2.75) is 13.0 Å². The predicted molar refractivity (Wildman–Crippen MR) is 79.9 cm³/mol. The Morgan fingerprint density at radius 2 is 1.90 bits per heavy atom. The summed E-state index contributed by atoms with van der Waals surface area (Å²) in [6, 6.07) is 11.6. The lowest BCUT2D eigenvalue weighted by molar-refractivity contribution is 0.397. The molecule has 1 unspecified atom stereocenters. The number of benzene rings is 2. The van der Waals surface area contributed by atoms with E-state index in [9.17, 15) is 4.39 Å². The fourth-order valence-corrected chi connectivity index (χ4v) is 2.62. The number of ether oxygens (including phenoxy) is 1. The third kappa shape index (κ3) is 2.17. The molecule has 0 aliphatic carbocycles. The molecule has 1 atom stereocenters. The molecular weight excluding hydrogens is 269 g/mol. The second-order valence-corrected chi connectivity index (χ2v) is 4.92. The third-order valence-electron chi connectivity index (χ3n) is 3.71. The zero-order valence-electron chi connectivity index (χ0n) is 11.9. The highest BCUT2D eigenvalue weighted by Gasteiger charge is 2.24. The predicted octanol–water partition coefficient (Wildman–Crippen LogP) is 3.94. The van der Waals surface area contributed by atoms with Gasteiger partial charge in [0, 0.05) is 10.9 Å². The minimum absolute atomic E-state index is 0.308. The van der Waals surface area contributed by atoms with Crippen molar-refractivity contribution in [3.63, 3.8) is 0 Å². The quantitative estimate of drug-likeness (QED) is 0.793. The molecule has 1 heterocycles. The van der Waals surface area contributed by atoms with Gasteiger partial charge in [-0.05, 0) is 25.1 Å². The van der Waals surface area contributed by atoms with Crippen molar-refractivity contribution < 1.29 is 13.5 Å². The van der Waals surface area contributed by atoms with Crippen LogP contribution in [0.15, 0.2) is 46.9 Å². The van der Waals surface area contributed by atoms with Crippen LogP contribution in [0.3, 0.4) is 0 Å². The lowest BCUT2D eigenvalue weighted by Gasteiger charge is -2.15. The van der Waals surface area contributed by atoms with Crippen LogP contribution in [0.2, 0.25) is 0 Å². The number of rotatable bonds is 3. The number of hydrogen-bond donors (Lipinski definition) is 1. The number of methoxy groups -OCH3 is 1. The summed E-state index contributed by atoms with van der Waals surface area (Å²) in [4.78, 5) is 0. The van der Waals surface area contributed by atoms with E-state index in [4.69, 9.17) is 14.9 Å². The average Bonchev–Trinajstić information content (AvgIpc) is 2.84. The van der Waals surface area contributed by atoms with E-state index in [-0.39, 0.29) is 0 Å². The fraction of sp³-hybridized carbons (Fsp3) is 0.176.